The summed E-state index contributed by atoms with van der Waals surface area (Å²) in [4.78, 5) is 11.2. The Hall–Kier alpha value is -1.57. The highest BCUT2D eigenvalue weighted by Gasteiger charge is 2.29. The number of hydrogen-bond donors (Lipinski definition) is 0. The third-order valence-corrected chi connectivity index (χ3v) is 2.84. The molecule has 70 valence electrons. The van der Waals surface area contributed by atoms with E-state index in [0.29, 0.717) is 12.3 Å². The Balaban J connectivity index is 2.08. The van der Waals surface area contributed by atoms with Crippen molar-refractivity contribution in [3.8, 4) is 0 Å². The van der Waals surface area contributed by atoms with E-state index in [2.05, 4.69) is 12.2 Å². The van der Waals surface area contributed by atoms with Crippen molar-refractivity contribution in [1.82, 2.24) is 0 Å². The van der Waals surface area contributed by atoms with E-state index in [1.54, 1.807) is 0 Å². The Morgan fingerprint density at radius 3 is 3.21 bits per heavy atom. The largest absolute Gasteiger partial charge is 0.430 e. The molecule has 0 radical (unpaired) electrons. The van der Waals surface area contributed by atoms with Crippen molar-refractivity contribution in [3.63, 3.8) is 0 Å². The Labute approximate surface area is 82.3 Å². The van der Waals surface area contributed by atoms with Gasteiger partial charge in [0.1, 0.15) is 5.76 Å². The van der Waals surface area contributed by atoms with Crippen LogP contribution in [0.3, 0.4) is 0 Å². The number of carbonyl (C=O) groups excluding carboxylic acids is 1. The van der Waals surface area contributed by atoms with Crippen LogP contribution in [0.25, 0.3) is 0 Å². The molecule has 0 aromatic carbocycles. The van der Waals surface area contributed by atoms with Gasteiger partial charge in [-0.1, -0.05) is 30.4 Å². The molecular weight excluding hydrogens is 176 g/mol. The smallest absolute Gasteiger partial charge is 0.310 e. The first-order valence-electron chi connectivity index (χ1n) is 4.86. The van der Waals surface area contributed by atoms with Gasteiger partial charge in [-0.05, 0) is 12.0 Å². The van der Waals surface area contributed by atoms with Gasteiger partial charge in [0.15, 0.2) is 0 Å². The molecule has 0 saturated carbocycles. The summed E-state index contributed by atoms with van der Waals surface area (Å²) in [5.74, 6) is 1.06. The molecule has 2 nitrogen and oxygen atoms in total. The van der Waals surface area contributed by atoms with Gasteiger partial charge in [-0.25, -0.2) is 0 Å². The zero-order valence-electron chi connectivity index (χ0n) is 7.69. The standard InChI is InChI=1S/C12H10O2/c13-11-7-6-9-5-4-8-2-1-3-10(8)12(9)14-11/h1-5,9H,6-7H2. The molecule has 3 rings (SSSR count). The molecular formula is C12H10O2. The van der Waals surface area contributed by atoms with Crippen molar-refractivity contribution in [2.45, 2.75) is 12.8 Å². The van der Waals surface area contributed by atoms with Crippen molar-refractivity contribution >= 4 is 5.97 Å². The third kappa shape index (κ3) is 1.00. The van der Waals surface area contributed by atoms with Gasteiger partial charge in [0.2, 0.25) is 0 Å². The lowest BCUT2D eigenvalue weighted by atomic mass is 9.88. The maximum absolute atomic E-state index is 11.2. The summed E-state index contributed by atoms with van der Waals surface area (Å²) in [5, 5.41) is 0. The highest BCUT2D eigenvalue weighted by atomic mass is 16.5. The van der Waals surface area contributed by atoms with Gasteiger partial charge >= 0.3 is 5.97 Å². The second-order valence-corrected chi connectivity index (χ2v) is 3.74. The lowest BCUT2D eigenvalue weighted by molar-refractivity contribution is -0.142. The lowest BCUT2D eigenvalue weighted by Crippen LogP contribution is -2.21. The van der Waals surface area contributed by atoms with E-state index in [4.69, 9.17) is 4.74 Å². The topological polar surface area (TPSA) is 26.3 Å². The predicted molar refractivity (Wildman–Crippen MR) is 52.2 cm³/mol. The SMILES string of the molecule is O=C1CCC2C=CC3=CC=CC3=C2O1. The number of rotatable bonds is 0. The monoisotopic (exact) mass is 186 g/mol. The number of fused-ring (bicyclic) bond motifs is 2. The molecule has 2 heteroatoms. The van der Waals surface area contributed by atoms with Gasteiger partial charge in [-0.3, -0.25) is 4.79 Å². The van der Waals surface area contributed by atoms with Crippen LogP contribution in [-0.4, -0.2) is 5.97 Å². The number of allylic oxidation sites excluding steroid dienone is 7. The van der Waals surface area contributed by atoms with Crippen LogP contribution >= 0.6 is 0 Å². The molecule has 0 bridgehead atoms. The molecule has 0 spiro atoms. The molecule has 3 aliphatic rings. The summed E-state index contributed by atoms with van der Waals surface area (Å²) in [6, 6.07) is 0. The van der Waals surface area contributed by atoms with Gasteiger partial charge in [-0.2, -0.15) is 0 Å². The molecule has 1 unspecified atom stereocenters. The maximum atomic E-state index is 11.2. The molecule has 0 amide bonds. The Morgan fingerprint density at radius 1 is 1.36 bits per heavy atom. The van der Waals surface area contributed by atoms with E-state index in [1.807, 2.05) is 18.2 Å². The number of esters is 1. The van der Waals surface area contributed by atoms with E-state index < -0.39 is 0 Å². The van der Waals surface area contributed by atoms with Crippen LogP contribution in [-0.2, 0) is 9.53 Å². The molecule has 1 atom stereocenters. The van der Waals surface area contributed by atoms with Gasteiger partial charge < -0.3 is 4.74 Å². The van der Waals surface area contributed by atoms with Gasteiger partial charge in [-0.15, -0.1) is 0 Å². The fourth-order valence-corrected chi connectivity index (χ4v) is 2.12. The Morgan fingerprint density at radius 2 is 2.29 bits per heavy atom. The van der Waals surface area contributed by atoms with Crippen LogP contribution in [0.15, 0.2) is 47.3 Å². The van der Waals surface area contributed by atoms with Crippen LogP contribution in [0.1, 0.15) is 12.8 Å². The second-order valence-electron chi connectivity index (χ2n) is 3.74. The summed E-state index contributed by atoms with van der Waals surface area (Å²) in [6.07, 6.45) is 11.7. The van der Waals surface area contributed by atoms with Crippen LogP contribution in [0.5, 0.6) is 0 Å². The first-order valence-corrected chi connectivity index (χ1v) is 4.86. The van der Waals surface area contributed by atoms with E-state index in [9.17, 15) is 4.79 Å². The van der Waals surface area contributed by atoms with Crippen molar-refractivity contribution in [3.05, 3.63) is 47.3 Å². The summed E-state index contributed by atoms with van der Waals surface area (Å²) in [7, 11) is 0. The summed E-state index contributed by atoms with van der Waals surface area (Å²) >= 11 is 0. The van der Waals surface area contributed by atoms with Crippen LogP contribution in [0.4, 0.5) is 0 Å². The predicted octanol–water partition coefficient (Wildman–Crippen LogP) is 2.26. The van der Waals surface area contributed by atoms with E-state index in [-0.39, 0.29) is 5.97 Å². The molecule has 2 aliphatic carbocycles. The van der Waals surface area contributed by atoms with Crippen molar-refractivity contribution < 1.29 is 9.53 Å². The highest BCUT2D eigenvalue weighted by Crippen LogP contribution is 2.37. The van der Waals surface area contributed by atoms with E-state index in [1.165, 1.54) is 0 Å². The lowest BCUT2D eigenvalue weighted by Gasteiger charge is -2.26. The van der Waals surface area contributed by atoms with Gasteiger partial charge in [0.05, 0.1) is 0 Å². The number of hydrogen-bond acceptors (Lipinski definition) is 2. The van der Waals surface area contributed by atoms with Crippen LogP contribution < -0.4 is 0 Å². The molecule has 0 aromatic heterocycles. The minimum atomic E-state index is -0.0984. The zero-order chi connectivity index (χ0) is 9.54. The number of ether oxygens (including phenoxy) is 1. The first kappa shape index (κ1) is 7.80. The van der Waals surface area contributed by atoms with Crippen LogP contribution in [0.2, 0.25) is 0 Å². The quantitative estimate of drug-likeness (QED) is 0.542. The molecule has 0 N–H and O–H groups in total. The van der Waals surface area contributed by atoms with E-state index >= 15 is 0 Å². The molecule has 1 heterocycles. The molecule has 1 saturated heterocycles. The van der Waals surface area contributed by atoms with Crippen molar-refractivity contribution in [1.29, 1.82) is 0 Å². The Bertz CT molecular complexity index is 422. The Kier molecular flexibility index (Phi) is 1.51. The van der Waals surface area contributed by atoms with Crippen LogP contribution in [0, 0.1) is 5.92 Å². The molecule has 14 heavy (non-hydrogen) atoms. The fourth-order valence-electron chi connectivity index (χ4n) is 2.12. The summed E-state index contributed by atoms with van der Waals surface area (Å²) in [5.41, 5.74) is 2.25. The molecule has 1 aliphatic heterocycles. The minimum Gasteiger partial charge on any atom is -0.430 e. The zero-order valence-corrected chi connectivity index (χ0v) is 7.69. The first-order chi connectivity index (χ1) is 6.84. The van der Waals surface area contributed by atoms with Gasteiger partial charge in [0, 0.05) is 17.9 Å². The minimum absolute atomic E-state index is 0.0984. The third-order valence-electron chi connectivity index (χ3n) is 2.84. The summed E-state index contributed by atoms with van der Waals surface area (Å²) in [6.45, 7) is 0. The maximum Gasteiger partial charge on any atom is 0.310 e. The average molecular weight is 186 g/mol. The normalized spacial score (nSPS) is 28.4. The van der Waals surface area contributed by atoms with Crippen molar-refractivity contribution in [2.75, 3.05) is 0 Å². The fraction of sp³-hybridized carbons (Fsp3) is 0.250. The average Bonchev–Trinajstić information content (AvgIpc) is 2.65. The molecule has 0 aromatic rings. The van der Waals surface area contributed by atoms with E-state index in [0.717, 1.165) is 23.3 Å². The van der Waals surface area contributed by atoms with Gasteiger partial charge in [0.25, 0.3) is 0 Å². The second kappa shape index (κ2) is 2.71. The van der Waals surface area contributed by atoms with Crippen molar-refractivity contribution in [2.24, 2.45) is 5.92 Å². The number of carbonyl (C=O) groups is 1. The summed E-state index contributed by atoms with van der Waals surface area (Å²) < 4.78 is 5.30. The highest BCUT2D eigenvalue weighted by molar-refractivity contribution is 5.73. The molecule has 1 fully saturated rings.